The Balaban J connectivity index is 1.24. The molecule has 2 heterocycles. The Kier molecular flexibility index (Phi) is 7.07. The van der Waals surface area contributed by atoms with Gasteiger partial charge in [0, 0.05) is 0 Å². The molecule has 2 heteroatoms. The van der Waals surface area contributed by atoms with E-state index in [0.29, 0.717) is 0 Å². The van der Waals surface area contributed by atoms with E-state index in [0.717, 1.165) is 0 Å². The molecule has 0 fully saturated rings. The van der Waals surface area contributed by atoms with Crippen molar-refractivity contribution in [3.63, 3.8) is 0 Å². The van der Waals surface area contributed by atoms with Crippen LogP contribution in [0.3, 0.4) is 0 Å². The third kappa shape index (κ3) is 4.67. The summed E-state index contributed by atoms with van der Waals surface area (Å²) in [5.41, 5.74) is 9.27. The van der Waals surface area contributed by atoms with Gasteiger partial charge in [-0.25, -0.2) is 0 Å². The average Bonchev–Trinajstić information content (AvgIpc) is 3.82. The zero-order valence-electron chi connectivity index (χ0n) is 29.1. The Morgan fingerprint density at radius 1 is 0.358 bits per heavy atom. The first kappa shape index (κ1) is 30.8. The third-order valence-corrected chi connectivity index (χ3v) is 14.5. The Labute approximate surface area is 318 Å². The van der Waals surface area contributed by atoms with Gasteiger partial charge in [-0.05, 0) is 0 Å². The molecule has 0 N–H and O–H groups in total. The van der Waals surface area contributed by atoms with Gasteiger partial charge in [-0.1, -0.05) is 0 Å². The summed E-state index contributed by atoms with van der Waals surface area (Å²) in [6.07, 6.45) is 0. The van der Waals surface area contributed by atoms with E-state index in [9.17, 15) is 0 Å². The molecule has 0 saturated carbocycles. The topological polar surface area (TPSA) is 0 Å². The second kappa shape index (κ2) is 12.2. The molecule has 0 saturated heterocycles. The fourth-order valence-corrected chi connectivity index (χ4v) is 12.4. The number of rotatable bonds is 4. The second-order valence-electron chi connectivity index (χ2n) is 13.9. The van der Waals surface area contributed by atoms with Crippen LogP contribution in [0.25, 0.3) is 106 Å². The third-order valence-electron chi connectivity index (χ3n) is 11.0. The molecular formula is C51H32SSe. The SMILES string of the molecule is Cc1ccc(-c2c3ccccc3c(-c3cccc4[se]c5c(-c6c7ccccc7c(-c7ccccc7)c7ccccc67)cccc5c34)c3ccccc23)s1. The molecule has 0 bridgehead atoms. The number of thiophene rings is 1. The molecule has 0 aliphatic carbocycles. The van der Waals surface area contributed by atoms with E-state index < -0.39 is 0 Å². The summed E-state index contributed by atoms with van der Waals surface area (Å²) in [6, 6.07) is 65.8. The molecule has 11 rings (SSSR count). The quantitative estimate of drug-likeness (QED) is 0.124. The molecule has 0 unspecified atom stereocenters. The molecule has 0 aliphatic rings. The van der Waals surface area contributed by atoms with Gasteiger partial charge in [0.25, 0.3) is 0 Å². The fraction of sp³-hybridized carbons (Fsp3) is 0.0196. The summed E-state index contributed by atoms with van der Waals surface area (Å²) >= 11 is 2.02. The van der Waals surface area contributed by atoms with E-state index >= 15 is 0 Å². The number of fused-ring (bicyclic) bond motifs is 7. The van der Waals surface area contributed by atoms with Gasteiger partial charge >= 0.3 is 320 Å². The number of hydrogen-bond donors (Lipinski definition) is 0. The molecule has 53 heavy (non-hydrogen) atoms. The summed E-state index contributed by atoms with van der Waals surface area (Å²) in [6.45, 7) is 2.21. The van der Waals surface area contributed by atoms with Crippen LogP contribution in [0.4, 0.5) is 0 Å². The molecule has 0 amide bonds. The van der Waals surface area contributed by atoms with E-state index in [2.05, 4.69) is 183 Å². The Bertz CT molecular complexity index is 3120. The van der Waals surface area contributed by atoms with Crippen molar-refractivity contribution in [2.45, 2.75) is 6.92 Å². The predicted octanol–water partition coefficient (Wildman–Crippen LogP) is 14.7. The molecule has 11 aromatic rings. The van der Waals surface area contributed by atoms with Crippen molar-refractivity contribution in [2.24, 2.45) is 0 Å². The van der Waals surface area contributed by atoms with Gasteiger partial charge in [0.05, 0.1) is 0 Å². The van der Waals surface area contributed by atoms with E-state index in [-0.39, 0.29) is 14.5 Å². The Morgan fingerprint density at radius 2 is 0.811 bits per heavy atom. The Morgan fingerprint density at radius 3 is 1.36 bits per heavy atom. The molecule has 2 aromatic heterocycles. The van der Waals surface area contributed by atoms with Crippen LogP contribution in [-0.4, -0.2) is 14.5 Å². The van der Waals surface area contributed by atoms with Crippen molar-refractivity contribution in [1.29, 1.82) is 0 Å². The van der Waals surface area contributed by atoms with Gasteiger partial charge in [-0.15, -0.1) is 0 Å². The van der Waals surface area contributed by atoms with Crippen molar-refractivity contribution < 1.29 is 0 Å². The van der Waals surface area contributed by atoms with Crippen LogP contribution in [0.15, 0.2) is 176 Å². The first-order chi connectivity index (χ1) is 26.2. The first-order valence-electron chi connectivity index (χ1n) is 18.2. The van der Waals surface area contributed by atoms with Gasteiger partial charge in [0.2, 0.25) is 0 Å². The van der Waals surface area contributed by atoms with Gasteiger partial charge in [-0.2, -0.15) is 0 Å². The number of benzene rings is 9. The standard InChI is InChI=1S/C51H32SSe/c1-31-29-30-44(52-31)49-39-23-11-9-21-37(39)47(38-22-10-12-24-40(38)49)41-25-14-28-45-50(41)43-27-13-26-42(51(43)53-45)48-35-19-7-5-17-33(35)46(32-15-3-2-4-16-32)34-18-6-8-20-36(34)48/h2-30H,1H3. The molecular weight excluding hydrogens is 724 g/mol. The van der Waals surface area contributed by atoms with E-state index in [1.807, 2.05) is 11.3 Å². The monoisotopic (exact) mass is 756 g/mol. The predicted molar refractivity (Wildman–Crippen MR) is 233 cm³/mol. The van der Waals surface area contributed by atoms with Gasteiger partial charge in [-0.3, -0.25) is 0 Å². The normalized spacial score (nSPS) is 11.9. The van der Waals surface area contributed by atoms with Crippen molar-refractivity contribution in [3.05, 3.63) is 181 Å². The van der Waals surface area contributed by atoms with E-state index in [1.165, 1.54) is 111 Å². The Hall–Kier alpha value is -5.76. The van der Waals surface area contributed by atoms with Crippen molar-refractivity contribution >= 4 is 88.2 Å². The maximum absolute atomic E-state index is 2.38. The van der Waals surface area contributed by atoms with Crippen molar-refractivity contribution in [1.82, 2.24) is 0 Å². The molecule has 0 aliphatic heterocycles. The van der Waals surface area contributed by atoms with Crippen LogP contribution in [-0.2, 0) is 0 Å². The summed E-state index contributed by atoms with van der Waals surface area (Å²) < 4.78 is 2.93. The summed E-state index contributed by atoms with van der Waals surface area (Å²) in [4.78, 5) is 2.67. The first-order valence-corrected chi connectivity index (χ1v) is 20.7. The summed E-state index contributed by atoms with van der Waals surface area (Å²) in [5, 5.41) is 13.2. The van der Waals surface area contributed by atoms with Crippen LogP contribution in [0.2, 0.25) is 0 Å². The maximum atomic E-state index is 2.38. The molecule has 248 valence electrons. The minimum absolute atomic E-state index is 0.137. The van der Waals surface area contributed by atoms with Gasteiger partial charge in [0.1, 0.15) is 0 Å². The van der Waals surface area contributed by atoms with Crippen molar-refractivity contribution in [2.75, 3.05) is 0 Å². The second-order valence-corrected chi connectivity index (χ2v) is 17.4. The zero-order chi connectivity index (χ0) is 35.0. The summed E-state index contributed by atoms with van der Waals surface area (Å²) in [5.74, 6) is 0. The van der Waals surface area contributed by atoms with Gasteiger partial charge < -0.3 is 0 Å². The number of aryl methyl sites for hydroxylation is 1. The van der Waals surface area contributed by atoms with E-state index in [1.54, 1.807) is 0 Å². The van der Waals surface area contributed by atoms with E-state index in [4.69, 9.17) is 0 Å². The van der Waals surface area contributed by atoms with Gasteiger partial charge in [0.15, 0.2) is 0 Å². The zero-order valence-corrected chi connectivity index (χ0v) is 31.6. The number of hydrogen-bond acceptors (Lipinski definition) is 1. The molecule has 0 nitrogen and oxygen atoms in total. The molecule has 0 spiro atoms. The van der Waals surface area contributed by atoms with Crippen LogP contribution in [0, 0.1) is 6.92 Å². The minimum atomic E-state index is 0.137. The average molecular weight is 756 g/mol. The van der Waals surface area contributed by atoms with Crippen LogP contribution < -0.4 is 0 Å². The van der Waals surface area contributed by atoms with Crippen LogP contribution >= 0.6 is 11.3 Å². The van der Waals surface area contributed by atoms with Crippen LogP contribution in [0.1, 0.15) is 4.88 Å². The fourth-order valence-electron chi connectivity index (χ4n) is 8.84. The van der Waals surface area contributed by atoms with Crippen LogP contribution in [0.5, 0.6) is 0 Å². The molecule has 0 atom stereocenters. The van der Waals surface area contributed by atoms with Crippen molar-refractivity contribution in [3.8, 4) is 43.8 Å². The molecule has 0 radical (unpaired) electrons. The summed E-state index contributed by atoms with van der Waals surface area (Å²) in [7, 11) is 0. The molecule has 9 aromatic carbocycles.